The van der Waals surface area contributed by atoms with E-state index in [1.807, 2.05) is 0 Å². The predicted molar refractivity (Wildman–Crippen MR) is 86.3 cm³/mol. The molecule has 4 nitrogen and oxygen atoms in total. The third-order valence-corrected chi connectivity index (χ3v) is 4.35. The van der Waals surface area contributed by atoms with Gasteiger partial charge in [0.2, 0.25) is 5.91 Å². The Morgan fingerprint density at radius 3 is 2.46 bits per heavy atom. The Kier molecular flexibility index (Phi) is 6.40. The summed E-state index contributed by atoms with van der Waals surface area (Å²) in [5.74, 6) is -5.47. The van der Waals surface area contributed by atoms with Gasteiger partial charge in [-0.15, -0.1) is 23.2 Å². The summed E-state index contributed by atoms with van der Waals surface area (Å²) in [4.78, 5) is 24.6. The SMILES string of the molecule is O=C(CCl)O[C@@H]1CCC(F)(F)[C@H]1N(Cc1ccccc1)C(=O)CCl. The number of hydrogen-bond acceptors (Lipinski definition) is 3. The molecule has 1 fully saturated rings. The van der Waals surface area contributed by atoms with Crippen molar-refractivity contribution in [3.8, 4) is 0 Å². The molecule has 1 aliphatic rings. The molecule has 2 atom stereocenters. The molecule has 0 saturated heterocycles. The molecule has 0 spiro atoms. The van der Waals surface area contributed by atoms with Crippen LogP contribution in [-0.4, -0.2) is 46.6 Å². The zero-order chi connectivity index (χ0) is 17.7. The van der Waals surface area contributed by atoms with Crippen molar-refractivity contribution in [3.63, 3.8) is 0 Å². The van der Waals surface area contributed by atoms with E-state index in [1.165, 1.54) is 0 Å². The normalized spacial score (nSPS) is 22.2. The Labute approximate surface area is 148 Å². The molecule has 0 N–H and O–H groups in total. The van der Waals surface area contributed by atoms with Crippen molar-refractivity contribution >= 4 is 35.1 Å². The van der Waals surface area contributed by atoms with Gasteiger partial charge in [-0.1, -0.05) is 30.3 Å². The summed E-state index contributed by atoms with van der Waals surface area (Å²) in [5, 5.41) is 0. The van der Waals surface area contributed by atoms with E-state index in [0.717, 1.165) is 4.90 Å². The van der Waals surface area contributed by atoms with Crippen LogP contribution < -0.4 is 0 Å². The van der Waals surface area contributed by atoms with Crippen LogP contribution in [0.4, 0.5) is 8.78 Å². The van der Waals surface area contributed by atoms with E-state index in [2.05, 4.69) is 0 Å². The lowest BCUT2D eigenvalue weighted by atomic mass is 10.1. The molecule has 0 heterocycles. The van der Waals surface area contributed by atoms with Crippen LogP contribution in [0.15, 0.2) is 30.3 Å². The van der Waals surface area contributed by atoms with Gasteiger partial charge in [-0.2, -0.15) is 0 Å². The summed E-state index contributed by atoms with van der Waals surface area (Å²) in [5.41, 5.74) is 0.682. The minimum atomic E-state index is -3.17. The molecule has 132 valence electrons. The van der Waals surface area contributed by atoms with Crippen molar-refractivity contribution in [2.24, 2.45) is 0 Å². The number of ether oxygens (including phenoxy) is 1. The zero-order valence-corrected chi connectivity index (χ0v) is 14.3. The van der Waals surface area contributed by atoms with E-state index in [1.54, 1.807) is 30.3 Å². The van der Waals surface area contributed by atoms with Gasteiger partial charge in [0.15, 0.2) is 0 Å². The van der Waals surface area contributed by atoms with Crippen LogP contribution in [0, 0.1) is 0 Å². The van der Waals surface area contributed by atoms with Gasteiger partial charge in [-0.05, 0) is 12.0 Å². The van der Waals surface area contributed by atoms with E-state index < -0.39 is 48.1 Å². The van der Waals surface area contributed by atoms with Crippen LogP contribution in [0.3, 0.4) is 0 Å². The summed E-state index contributed by atoms with van der Waals surface area (Å²) in [6.07, 6.45) is -1.62. The number of nitrogens with zero attached hydrogens (tertiary/aromatic N) is 1. The lowest BCUT2D eigenvalue weighted by molar-refractivity contribution is -0.161. The molecule has 0 bridgehead atoms. The molecular weight excluding hydrogens is 363 g/mol. The second kappa shape index (κ2) is 8.12. The Morgan fingerprint density at radius 2 is 1.88 bits per heavy atom. The molecule has 1 amide bonds. The van der Waals surface area contributed by atoms with Crippen molar-refractivity contribution in [2.45, 2.75) is 37.5 Å². The zero-order valence-electron chi connectivity index (χ0n) is 12.8. The Hall–Kier alpha value is -1.40. The van der Waals surface area contributed by atoms with Crippen LogP contribution in [0.2, 0.25) is 0 Å². The van der Waals surface area contributed by atoms with Crippen molar-refractivity contribution in [3.05, 3.63) is 35.9 Å². The van der Waals surface area contributed by atoms with E-state index in [-0.39, 0.29) is 13.0 Å². The molecule has 0 radical (unpaired) electrons. The van der Waals surface area contributed by atoms with Crippen LogP contribution in [-0.2, 0) is 20.9 Å². The first-order chi connectivity index (χ1) is 11.4. The van der Waals surface area contributed by atoms with Crippen LogP contribution in [0.5, 0.6) is 0 Å². The minimum Gasteiger partial charge on any atom is -0.459 e. The van der Waals surface area contributed by atoms with Gasteiger partial charge in [0.25, 0.3) is 5.92 Å². The number of rotatable bonds is 6. The van der Waals surface area contributed by atoms with Gasteiger partial charge in [-0.25, -0.2) is 8.78 Å². The third-order valence-electron chi connectivity index (χ3n) is 3.91. The second-order valence-corrected chi connectivity index (χ2v) is 6.08. The van der Waals surface area contributed by atoms with Crippen LogP contribution in [0.25, 0.3) is 0 Å². The topological polar surface area (TPSA) is 46.6 Å². The maximum Gasteiger partial charge on any atom is 0.321 e. The highest BCUT2D eigenvalue weighted by atomic mass is 35.5. The molecule has 2 rings (SSSR count). The number of alkyl halides is 4. The average molecular weight is 380 g/mol. The van der Waals surface area contributed by atoms with Gasteiger partial charge in [0.05, 0.1) is 0 Å². The van der Waals surface area contributed by atoms with Crippen molar-refractivity contribution < 1.29 is 23.1 Å². The van der Waals surface area contributed by atoms with Gasteiger partial charge in [-0.3, -0.25) is 9.59 Å². The van der Waals surface area contributed by atoms with Gasteiger partial charge >= 0.3 is 5.97 Å². The van der Waals surface area contributed by atoms with E-state index >= 15 is 0 Å². The largest absolute Gasteiger partial charge is 0.459 e. The quantitative estimate of drug-likeness (QED) is 0.563. The Bertz CT molecular complexity index is 586. The summed E-state index contributed by atoms with van der Waals surface area (Å²) in [6, 6.07) is 7.17. The molecule has 0 unspecified atom stereocenters. The first kappa shape index (κ1) is 18.9. The third kappa shape index (κ3) is 4.36. The number of hydrogen-bond donors (Lipinski definition) is 0. The van der Waals surface area contributed by atoms with E-state index in [4.69, 9.17) is 27.9 Å². The van der Waals surface area contributed by atoms with Gasteiger partial charge < -0.3 is 9.64 Å². The number of carbonyl (C=O) groups excluding carboxylic acids is 2. The minimum absolute atomic E-state index is 0.0401. The number of carbonyl (C=O) groups is 2. The molecule has 1 aromatic carbocycles. The highest BCUT2D eigenvalue weighted by molar-refractivity contribution is 6.27. The maximum absolute atomic E-state index is 14.4. The summed E-state index contributed by atoms with van der Waals surface area (Å²) in [6.45, 7) is -0.0401. The Balaban J connectivity index is 2.29. The molecule has 1 aromatic rings. The standard InChI is InChI=1S/C16H17Cl2F2NO3/c17-8-13(22)21(10-11-4-2-1-3-5-11)15-12(24-14(23)9-18)6-7-16(15,19)20/h1-5,12,15H,6-10H2/t12-,15+/m1/s1. The number of amides is 1. The smallest absolute Gasteiger partial charge is 0.321 e. The van der Waals surface area contributed by atoms with Gasteiger partial charge in [0.1, 0.15) is 23.9 Å². The second-order valence-electron chi connectivity index (χ2n) is 5.55. The first-order valence-corrected chi connectivity index (χ1v) is 8.48. The fraction of sp³-hybridized carbons (Fsp3) is 0.500. The number of benzene rings is 1. The molecule has 0 aliphatic heterocycles. The summed E-state index contributed by atoms with van der Waals surface area (Å²) >= 11 is 11.0. The molecule has 0 aromatic heterocycles. The molecule has 1 saturated carbocycles. The maximum atomic E-state index is 14.4. The number of halogens is 4. The van der Waals surface area contributed by atoms with E-state index in [9.17, 15) is 18.4 Å². The Morgan fingerprint density at radius 1 is 1.21 bits per heavy atom. The van der Waals surface area contributed by atoms with Crippen molar-refractivity contribution in [1.29, 1.82) is 0 Å². The molecule has 24 heavy (non-hydrogen) atoms. The monoisotopic (exact) mass is 379 g/mol. The lowest BCUT2D eigenvalue weighted by Crippen LogP contribution is -2.53. The first-order valence-electron chi connectivity index (χ1n) is 7.41. The molecular formula is C16H17Cl2F2NO3. The number of esters is 1. The van der Waals surface area contributed by atoms with Crippen LogP contribution in [0.1, 0.15) is 18.4 Å². The fourth-order valence-electron chi connectivity index (χ4n) is 2.86. The lowest BCUT2D eigenvalue weighted by Gasteiger charge is -2.35. The molecule has 8 heteroatoms. The van der Waals surface area contributed by atoms with Crippen molar-refractivity contribution in [1.82, 2.24) is 4.90 Å². The summed E-state index contributed by atoms with van der Waals surface area (Å²) < 4.78 is 33.8. The molecule has 1 aliphatic carbocycles. The van der Waals surface area contributed by atoms with Crippen LogP contribution >= 0.6 is 23.2 Å². The van der Waals surface area contributed by atoms with Gasteiger partial charge in [0, 0.05) is 13.0 Å². The summed E-state index contributed by atoms with van der Waals surface area (Å²) in [7, 11) is 0. The predicted octanol–water partition coefficient (Wildman–Crippen LogP) is 3.20. The highest BCUT2D eigenvalue weighted by Crippen LogP contribution is 2.41. The van der Waals surface area contributed by atoms with Crippen molar-refractivity contribution in [2.75, 3.05) is 11.8 Å². The fourth-order valence-corrected chi connectivity index (χ4v) is 3.08. The average Bonchev–Trinajstić information content (AvgIpc) is 2.87. The highest BCUT2D eigenvalue weighted by Gasteiger charge is 2.55. The van der Waals surface area contributed by atoms with E-state index in [0.29, 0.717) is 5.56 Å².